The minimum absolute atomic E-state index is 0.0945. The number of likely N-dealkylation sites (tertiary alicyclic amines) is 1. The molecule has 2 rings (SSSR count). The van der Waals surface area contributed by atoms with Crippen molar-refractivity contribution in [3.05, 3.63) is 30.3 Å². The average molecular weight is 256 g/mol. The molecule has 0 unspecified atom stereocenters. The van der Waals surface area contributed by atoms with Crippen LogP contribution in [0.4, 0.5) is 0 Å². The largest absolute Gasteiger partial charge is 0.382 e. The molecule has 1 fully saturated rings. The first-order valence-electron chi connectivity index (χ1n) is 5.96. The third-order valence-electron chi connectivity index (χ3n) is 2.98. The molecule has 4 nitrogen and oxygen atoms in total. The predicted molar refractivity (Wildman–Crippen MR) is 65.7 cm³/mol. The molecule has 1 saturated heterocycles. The lowest BCUT2D eigenvalue weighted by atomic mass is 10.3. The molecule has 0 radical (unpaired) electrons. The monoisotopic (exact) mass is 256 g/mol. The number of quaternary nitrogens is 1. The van der Waals surface area contributed by atoms with Crippen LogP contribution < -0.4 is 9.08 Å². The van der Waals surface area contributed by atoms with Crippen LogP contribution in [-0.4, -0.2) is 33.8 Å². The van der Waals surface area contributed by atoms with Gasteiger partial charge >= 0.3 is 10.1 Å². The number of hydrogen-bond acceptors (Lipinski definition) is 3. The van der Waals surface area contributed by atoms with Crippen molar-refractivity contribution in [2.45, 2.75) is 12.8 Å². The summed E-state index contributed by atoms with van der Waals surface area (Å²) in [6.07, 6.45) is 2.41. The molecule has 0 atom stereocenters. The highest BCUT2D eigenvalue weighted by Gasteiger charge is 2.20. The third-order valence-corrected chi connectivity index (χ3v) is 4.13. The van der Waals surface area contributed by atoms with E-state index in [0.29, 0.717) is 12.3 Å². The first kappa shape index (κ1) is 12.4. The fraction of sp³-hybridized carbons (Fsp3) is 0.500. The molecule has 1 aromatic rings. The molecule has 1 N–H and O–H groups in total. The molecule has 1 heterocycles. The van der Waals surface area contributed by atoms with Gasteiger partial charge in [-0.15, -0.1) is 0 Å². The normalized spacial score (nSPS) is 17.2. The van der Waals surface area contributed by atoms with Crippen molar-refractivity contribution >= 4 is 10.1 Å². The Morgan fingerprint density at radius 1 is 1.12 bits per heavy atom. The van der Waals surface area contributed by atoms with Crippen LogP contribution in [0.25, 0.3) is 0 Å². The van der Waals surface area contributed by atoms with Gasteiger partial charge in [-0.1, -0.05) is 18.2 Å². The molecule has 17 heavy (non-hydrogen) atoms. The summed E-state index contributed by atoms with van der Waals surface area (Å²) >= 11 is 0. The second-order valence-electron chi connectivity index (χ2n) is 4.37. The highest BCUT2D eigenvalue weighted by atomic mass is 32.2. The van der Waals surface area contributed by atoms with Gasteiger partial charge < -0.3 is 9.08 Å². The van der Waals surface area contributed by atoms with E-state index in [4.69, 9.17) is 4.18 Å². The first-order chi connectivity index (χ1) is 8.16. The Balaban J connectivity index is 1.86. The van der Waals surface area contributed by atoms with E-state index < -0.39 is 10.1 Å². The lowest BCUT2D eigenvalue weighted by Gasteiger charge is -2.12. The van der Waals surface area contributed by atoms with Crippen molar-refractivity contribution in [1.29, 1.82) is 0 Å². The first-order valence-corrected chi connectivity index (χ1v) is 7.54. The van der Waals surface area contributed by atoms with E-state index in [1.807, 2.05) is 6.07 Å². The van der Waals surface area contributed by atoms with Crippen molar-refractivity contribution in [2.75, 3.05) is 25.4 Å². The molecule has 5 heteroatoms. The molecule has 1 aromatic carbocycles. The van der Waals surface area contributed by atoms with Crippen molar-refractivity contribution in [1.82, 2.24) is 0 Å². The second-order valence-corrected chi connectivity index (χ2v) is 6.06. The van der Waals surface area contributed by atoms with Crippen molar-refractivity contribution in [3.8, 4) is 5.75 Å². The zero-order chi connectivity index (χ0) is 12.1. The van der Waals surface area contributed by atoms with E-state index >= 15 is 0 Å². The summed E-state index contributed by atoms with van der Waals surface area (Å²) in [7, 11) is -3.44. The smallest absolute Gasteiger partial charge is 0.314 e. The number of para-hydroxylation sites is 1. The molecule has 0 spiro atoms. The molecule has 1 aliphatic rings. The average Bonchev–Trinajstić information content (AvgIpc) is 2.80. The third kappa shape index (κ3) is 4.02. The molecule has 0 saturated carbocycles. The number of nitrogens with one attached hydrogen (secondary N) is 1. The zero-order valence-corrected chi connectivity index (χ0v) is 10.6. The minimum atomic E-state index is -3.44. The minimum Gasteiger partial charge on any atom is -0.382 e. The Labute approximate surface area is 102 Å². The Hall–Kier alpha value is -1.07. The zero-order valence-electron chi connectivity index (χ0n) is 9.76. The van der Waals surface area contributed by atoms with E-state index in [-0.39, 0.29) is 5.75 Å². The number of hydrogen-bond donors (Lipinski definition) is 1. The van der Waals surface area contributed by atoms with Gasteiger partial charge in [0.2, 0.25) is 0 Å². The SMILES string of the molecule is O=S(=O)(CC[NH+]1CCCC1)Oc1ccccc1. The summed E-state index contributed by atoms with van der Waals surface area (Å²) in [5.41, 5.74) is 0. The van der Waals surface area contributed by atoms with Crippen LogP contribution in [-0.2, 0) is 10.1 Å². The molecular weight excluding hydrogens is 238 g/mol. The molecule has 0 bridgehead atoms. The second kappa shape index (κ2) is 5.51. The molecule has 0 amide bonds. The fourth-order valence-electron chi connectivity index (χ4n) is 2.06. The Morgan fingerprint density at radius 3 is 2.41 bits per heavy atom. The Kier molecular flexibility index (Phi) is 4.02. The highest BCUT2D eigenvalue weighted by Crippen LogP contribution is 2.11. The summed E-state index contributed by atoms with van der Waals surface area (Å²) in [6, 6.07) is 8.65. The quantitative estimate of drug-likeness (QED) is 0.759. The summed E-state index contributed by atoms with van der Waals surface area (Å²) in [5, 5.41) is 0. The molecule has 94 valence electrons. The van der Waals surface area contributed by atoms with Gasteiger partial charge in [0.05, 0.1) is 19.6 Å². The lowest BCUT2D eigenvalue weighted by molar-refractivity contribution is -0.884. The predicted octanol–water partition coefficient (Wildman–Crippen LogP) is 0.0739. The van der Waals surface area contributed by atoms with Crippen LogP contribution in [0, 0.1) is 0 Å². The van der Waals surface area contributed by atoms with Gasteiger partial charge in [0.1, 0.15) is 11.5 Å². The van der Waals surface area contributed by atoms with Gasteiger partial charge in [-0.3, -0.25) is 0 Å². The van der Waals surface area contributed by atoms with Gasteiger partial charge in [0.25, 0.3) is 0 Å². The molecule has 1 aliphatic heterocycles. The highest BCUT2D eigenvalue weighted by molar-refractivity contribution is 7.87. The van der Waals surface area contributed by atoms with Crippen molar-refractivity contribution in [3.63, 3.8) is 0 Å². The summed E-state index contributed by atoms with van der Waals surface area (Å²) in [5.74, 6) is 0.487. The van der Waals surface area contributed by atoms with Crippen LogP contribution in [0.2, 0.25) is 0 Å². The van der Waals surface area contributed by atoms with Crippen LogP contribution in [0.15, 0.2) is 30.3 Å². The van der Waals surface area contributed by atoms with Crippen LogP contribution in [0.5, 0.6) is 5.75 Å². The summed E-state index contributed by atoms with van der Waals surface area (Å²) < 4.78 is 28.5. The van der Waals surface area contributed by atoms with Crippen molar-refractivity contribution in [2.24, 2.45) is 0 Å². The maximum absolute atomic E-state index is 11.7. The van der Waals surface area contributed by atoms with Crippen LogP contribution >= 0.6 is 0 Å². The fourth-order valence-corrected chi connectivity index (χ4v) is 3.09. The number of benzene rings is 1. The lowest BCUT2D eigenvalue weighted by Crippen LogP contribution is -3.10. The molecule has 0 aliphatic carbocycles. The Morgan fingerprint density at radius 2 is 1.76 bits per heavy atom. The molecular formula is C12H18NO3S+. The van der Waals surface area contributed by atoms with E-state index in [1.165, 1.54) is 17.7 Å². The maximum Gasteiger partial charge on any atom is 0.314 e. The summed E-state index contributed by atoms with van der Waals surface area (Å²) in [6.45, 7) is 2.82. The van der Waals surface area contributed by atoms with E-state index in [0.717, 1.165) is 13.1 Å². The van der Waals surface area contributed by atoms with E-state index in [2.05, 4.69) is 0 Å². The molecule has 0 aromatic heterocycles. The van der Waals surface area contributed by atoms with Crippen molar-refractivity contribution < 1.29 is 17.5 Å². The van der Waals surface area contributed by atoms with Gasteiger partial charge in [-0.2, -0.15) is 8.42 Å². The summed E-state index contributed by atoms with van der Waals surface area (Å²) in [4.78, 5) is 1.37. The van der Waals surface area contributed by atoms with Crippen LogP contribution in [0.3, 0.4) is 0 Å². The van der Waals surface area contributed by atoms with Gasteiger partial charge in [-0.25, -0.2) is 0 Å². The van der Waals surface area contributed by atoms with Gasteiger partial charge in [0.15, 0.2) is 0 Å². The standard InChI is InChI=1S/C12H17NO3S/c14-17(15,11-10-13-8-4-5-9-13)16-12-6-2-1-3-7-12/h1-3,6-7H,4-5,8-11H2/p+1. The Bertz CT molecular complexity index is 438. The maximum atomic E-state index is 11.7. The topological polar surface area (TPSA) is 47.8 Å². The van der Waals surface area contributed by atoms with E-state index in [9.17, 15) is 8.42 Å². The van der Waals surface area contributed by atoms with Gasteiger partial charge in [-0.05, 0) is 12.1 Å². The number of rotatable bonds is 5. The van der Waals surface area contributed by atoms with E-state index in [1.54, 1.807) is 24.3 Å². The van der Waals surface area contributed by atoms with Crippen LogP contribution in [0.1, 0.15) is 12.8 Å². The van der Waals surface area contributed by atoms with Gasteiger partial charge in [0, 0.05) is 12.8 Å².